The Labute approximate surface area is 184 Å². The molecule has 2 atom stereocenters. The Morgan fingerprint density at radius 3 is 2.54 bits per heavy atom. The molecule has 158 valence electrons. The van der Waals surface area contributed by atoms with Crippen molar-refractivity contribution in [3.05, 3.63) is 29.8 Å². The van der Waals surface area contributed by atoms with Crippen LogP contribution in [0.5, 0.6) is 0 Å². The SMILES string of the molecule is CN=C(NCc1ccc(S(=O)(=O)NC)cc1)N1CCOC(C2CCCO2)C1.I. The van der Waals surface area contributed by atoms with E-state index in [0.29, 0.717) is 13.2 Å². The number of hydrogen-bond donors (Lipinski definition) is 2. The van der Waals surface area contributed by atoms with Crippen molar-refractivity contribution in [3.8, 4) is 0 Å². The lowest BCUT2D eigenvalue weighted by Gasteiger charge is -2.37. The fourth-order valence-electron chi connectivity index (χ4n) is 3.41. The number of morpholine rings is 1. The molecule has 0 aliphatic carbocycles. The lowest BCUT2D eigenvalue weighted by molar-refractivity contribution is -0.0817. The number of guanidine groups is 1. The van der Waals surface area contributed by atoms with Gasteiger partial charge in [0, 0.05) is 33.3 Å². The topological polar surface area (TPSA) is 92.3 Å². The lowest BCUT2D eigenvalue weighted by atomic mass is 10.1. The molecule has 2 aliphatic rings. The first-order valence-electron chi connectivity index (χ1n) is 9.25. The van der Waals surface area contributed by atoms with Crippen molar-refractivity contribution in [2.75, 3.05) is 40.4 Å². The summed E-state index contributed by atoms with van der Waals surface area (Å²) in [5, 5.41) is 3.35. The summed E-state index contributed by atoms with van der Waals surface area (Å²) in [5.74, 6) is 0.813. The van der Waals surface area contributed by atoms with E-state index in [1.165, 1.54) is 7.05 Å². The molecule has 2 aliphatic heterocycles. The highest BCUT2D eigenvalue weighted by molar-refractivity contribution is 14.0. The predicted octanol–water partition coefficient (Wildman–Crippen LogP) is 1.17. The van der Waals surface area contributed by atoms with Gasteiger partial charge in [0.05, 0.1) is 17.6 Å². The molecule has 3 rings (SSSR count). The first kappa shape index (κ1) is 23.3. The fraction of sp³-hybridized carbons (Fsp3) is 0.611. The molecule has 0 spiro atoms. The van der Waals surface area contributed by atoms with Crippen LogP contribution in [-0.4, -0.2) is 71.9 Å². The summed E-state index contributed by atoms with van der Waals surface area (Å²) in [6.45, 7) is 3.57. The molecule has 28 heavy (non-hydrogen) atoms. The zero-order chi connectivity index (χ0) is 19.3. The summed E-state index contributed by atoms with van der Waals surface area (Å²) in [6, 6.07) is 6.82. The molecule has 1 aromatic carbocycles. The summed E-state index contributed by atoms with van der Waals surface area (Å²) in [7, 11) is -0.241. The number of rotatable bonds is 5. The molecule has 2 heterocycles. The summed E-state index contributed by atoms with van der Waals surface area (Å²) in [6.07, 6.45) is 2.39. The highest BCUT2D eigenvalue weighted by Gasteiger charge is 2.32. The Bertz CT molecular complexity index is 751. The number of hydrogen-bond acceptors (Lipinski definition) is 5. The molecule has 2 N–H and O–H groups in total. The highest BCUT2D eigenvalue weighted by Crippen LogP contribution is 2.21. The van der Waals surface area contributed by atoms with Gasteiger partial charge in [-0.3, -0.25) is 4.99 Å². The van der Waals surface area contributed by atoms with Gasteiger partial charge in [-0.25, -0.2) is 13.1 Å². The maximum atomic E-state index is 11.8. The van der Waals surface area contributed by atoms with E-state index >= 15 is 0 Å². The van der Waals surface area contributed by atoms with Crippen LogP contribution in [0.15, 0.2) is 34.2 Å². The quantitative estimate of drug-likeness (QED) is 0.342. The van der Waals surface area contributed by atoms with Crippen LogP contribution < -0.4 is 10.0 Å². The molecule has 8 nitrogen and oxygen atoms in total. The van der Waals surface area contributed by atoms with Crippen molar-refractivity contribution in [3.63, 3.8) is 0 Å². The maximum absolute atomic E-state index is 11.8. The van der Waals surface area contributed by atoms with Crippen LogP contribution in [0.4, 0.5) is 0 Å². The second-order valence-electron chi connectivity index (χ2n) is 6.66. The van der Waals surface area contributed by atoms with Crippen molar-refractivity contribution in [1.82, 2.24) is 14.9 Å². The second kappa shape index (κ2) is 10.7. The van der Waals surface area contributed by atoms with Gasteiger partial charge in [0.2, 0.25) is 10.0 Å². The van der Waals surface area contributed by atoms with E-state index in [1.807, 2.05) is 0 Å². The standard InChI is InChI=1S/C18H28N4O4S.HI/c1-19-18(22-9-11-26-17(13-22)16-4-3-10-25-16)21-12-14-5-7-15(8-6-14)27(23,24)20-2;/h5-8,16-17,20H,3-4,9-13H2,1-2H3,(H,19,21);1H. The van der Waals surface area contributed by atoms with E-state index in [9.17, 15) is 8.42 Å². The predicted molar refractivity (Wildman–Crippen MR) is 119 cm³/mol. The Morgan fingerprint density at radius 2 is 1.93 bits per heavy atom. The number of halogens is 1. The number of nitrogens with one attached hydrogen (secondary N) is 2. The number of aliphatic imine (C=N–C) groups is 1. The summed E-state index contributed by atoms with van der Waals surface area (Å²) >= 11 is 0. The summed E-state index contributed by atoms with van der Waals surface area (Å²) in [4.78, 5) is 6.83. The monoisotopic (exact) mass is 524 g/mol. The second-order valence-corrected chi connectivity index (χ2v) is 8.55. The number of sulfonamides is 1. The van der Waals surface area contributed by atoms with Crippen LogP contribution in [0, 0.1) is 0 Å². The number of benzene rings is 1. The van der Waals surface area contributed by atoms with Gasteiger partial charge in [-0.2, -0.15) is 0 Å². The Hall–Kier alpha value is -0.950. The van der Waals surface area contributed by atoms with Gasteiger partial charge in [0.25, 0.3) is 0 Å². The zero-order valence-corrected chi connectivity index (χ0v) is 19.4. The van der Waals surface area contributed by atoms with Crippen LogP contribution in [0.2, 0.25) is 0 Å². The molecule has 1 aromatic rings. The first-order valence-corrected chi connectivity index (χ1v) is 10.7. The Morgan fingerprint density at radius 1 is 1.21 bits per heavy atom. The smallest absolute Gasteiger partial charge is 0.240 e. The molecule has 2 saturated heterocycles. The molecule has 0 bridgehead atoms. The van der Waals surface area contributed by atoms with E-state index in [1.54, 1.807) is 31.3 Å². The molecule has 0 amide bonds. The van der Waals surface area contributed by atoms with Crippen molar-refractivity contribution in [1.29, 1.82) is 0 Å². The largest absolute Gasteiger partial charge is 0.375 e. The van der Waals surface area contributed by atoms with Crippen LogP contribution in [0.1, 0.15) is 18.4 Å². The lowest BCUT2D eigenvalue weighted by Crippen LogP contribution is -2.53. The van der Waals surface area contributed by atoms with Gasteiger partial charge in [0.1, 0.15) is 6.10 Å². The van der Waals surface area contributed by atoms with Gasteiger partial charge >= 0.3 is 0 Å². The van der Waals surface area contributed by atoms with Crippen molar-refractivity contribution >= 4 is 40.0 Å². The number of ether oxygens (including phenoxy) is 2. The normalized spacial score (nSPS) is 23.4. The molecule has 10 heteroatoms. The van der Waals surface area contributed by atoms with Gasteiger partial charge in [-0.15, -0.1) is 24.0 Å². The molecule has 0 saturated carbocycles. The van der Waals surface area contributed by atoms with Crippen molar-refractivity contribution in [2.45, 2.75) is 36.5 Å². The fourth-order valence-corrected chi connectivity index (χ4v) is 4.14. The third-order valence-corrected chi connectivity index (χ3v) is 6.37. The van der Waals surface area contributed by atoms with E-state index in [0.717, 1.165) is 44.1 Å². The van der Waals surface area contributed by atoms with E-state index < -0.39 is 10.0 Å². The zero-order valence-electron chi connectivity index (χ0n) is 16.3. The molecular formula is C18H29IN4O4S. The Balaban J connectivity index is 0.00000280. The summed E-state index contributed by atoms with van der Waals surface area (Å²) < 4.78 is 37.6. The van der Waals surface area contributed by atoms with Crippen molar-refractivity contribution < 1.29 is 17.9 Å². The summed E-state index contributed by atoms with van der Waals surface area (Å²) in [5.41, 5.74) is 0.982. The third-order valence-electron chi connectivity index (χ3n) is 4.94. The van der Waals surface area contributed by atoms with Crippen LogP contribution in [0.3, 0.4) is 0 Å². The molecule has 2 unspecified atom stereocenters. The molecule has 0 radical (unpaired) electrons. The third kappa shape index (κ3) is 5.78. The van der Waals surface area contributed by atoms with Gasteiger partial charge in [-0.05, 0) is 37.6 Å². The maximum Gasteiger partial charge on any atom is 0.240 e. The van der Waals surface area contributed by atoms with Gasteiger partial charge < -0.3 is 19.7 Å². The van der Waals surface area contributed by atoms with Crippen LogP contribution >= 0.6 is 24.0 Å². The molecular weight excluding hydrogens is 495 g/mol. The van der Waals surface area contributed by atoms with E-state index in [-0.39, 0.29) is 41.1 Å². The van der Waals surface area contributed by atoms with Crippen LogP contribution in [0.25, 0.3) is 0 Å². The molecule has 0 aromatic heterocycles. The average molecular weight is 524 g/mol. The molecule has 2 fully saturated rings. The first-order chi connectivity index (χ1) is 13.0. The van der Waals surface area contributed by atoms with Crippen molar-refractivity contribution in [2.24, 2.45) is 4.99 Å². The van der Waals surface area contributed by atoms with E-state index in [4.69, 9.17) is 9.47 Å². The Kier molecular flexibility index (Phi) is 8.93. The van der Waals surface area contributed by atoms with Gasteiger partial charge in [0.15, 0.2) is 5.96 Å². The van der Waals surface area contributed by atoms with E-state index in [2.05, 4.69) is 19.9 Å². The minimum absolute atomic E-state index is 0. The average Bonchev–Trinajstić information content (AvgIpc) is 3.24. The van der Waals surface area contributed by atoms with Gasteiger partial charge in [-0.1, -0.05) is 12.1 Å². The highest BCUT2D eigenvalue weighted by atomic mass is 127. The number of nitrogens with zero attached hydrogens (tertiary/aromatic N) is 2. The minimum atomic E-state index is -3.41. The van der Waals surface area contributed by atoms with Crippen LogP contribution in [-0.2, 0) is 26.0 Å². The minimum Gasteiger partial charge on any atom is -0.375 e.